The van der Waals surface area contributed by atoms with E-state index in [2.05, 4.69) is 4.98 Å². The lowest BCUT2D eigenvalue weighted by Crippen LogP contribution is -2.30. The number of aryl methyl sites for hydroxylation is 1. The Morgan fingerprint density at radius 3 is 2.39 bits per heavy atom. The first-order valence-corrected chi connectivity index (χ1v) is 12.7. The van der Waals surface area contributed by atoms with Crippen LogP contribution in [0.4, 0.5) is 0 Å². The Balaban J connectivity index is 1.55. The lowest BCUT2D eigenvalue weighted by Gasteiger charge is -2.06. The van der Waals surface area contributed by atoms with E-state index >= 15 is 0 Å². The Morgan fingerprint density at radius 1 is 1.00 bits per heavy atom. The van der Waals surface area contributed by atoms with Crippen molar-refractivity contribution in [1.82, 2.24) is 9.38 Å². The number of esters is 1. The molecule has 5 aromatic rings. The molecule has 0 aliphatic carbocycles. The number of aromatic nitrogens is 2. The molecule has 3 aromatic carbocycles. The summed E-state index contributed by atoms with van der Waals surface area (Å²) in [6.45, 7) is 4.42. The van der Waals surface area contributed by atoms with E-state index in [9.17, 15) is 9.59 Å². The first kappa shape index (κ1) is 25.2. The van der Waals surface area contributed by atoms with E-state index in [-0.39, 0.29) is 17.7 Å². The molecule has 6 nitrogen and oxygen atoms in total. The summed E-state index contributed by atoms with van der Waals surface area (Å²) in [4.78, 5) is 29.0. The molecule has 38 heavy (non-hydrogen) atoms. The van der Waals surface area contributed by atoms with Gasteiger partial charge in [-0.15, -0.1) is 0 Å². The molecule has 0 fully saturated rings. The molecule has 7 heteroatoms. The van der Waals surface area contributed by atoms with Gasteiger partial charge in [0.05, 0.1) is 11.8 Å². The summed E-state index contributed by atoms with van der Waals surface area (Å²) >= 11 is 5.73. The third-order valence-electron chi connectivity index (χ3n) is 6.21. The summed E-state index contributed by atoms with van der Waals surface area (Å²) < 4.78 is 13.1. The molecule has 1 N–H and O–H groups in total. The zero-order chi connectivity index (χ0) is 26.6. The van der Waals surface area contributed by atoms with E-state index in [0.717, 1.165) is 28.0 Å². The number of carbonyl (C=O) groups excluding carboxylic acids is 1. The van der Waals surface area contributed by atoms with E-state index in [1.54, 1.807) is 23.6 Å². The van der Waals surface area contributed by atoms with Gasteiger partial charge in [-0.3, -0.25) is 9.20 Å². The fourth-order valence-corrected chi connectivity index (χ4v) is 4.54. The van der Waals surface area contributed by atoms with Crippen LogP contribution in [0.25, 0.3) is 22.9 Å². The molecular formula is C31H26N2O4S. The highest BCUT2D eigenvalue weighted by Crippen LogP contribution is 2.29. The van der Waals surface area contributed by atoms with Gasteiger partial charge in [0.15, 0.2) is 0 Å². The van der Waals surface area contributed by atoms with Gasteiger partial charge in [0.25, 0.3) is 5.56 Å². The SMILES string of the molecule is CCOC(=O)c1c(-c2ccc(C)cc2)cn2c(=S)c(=Cc3ccc(OCc4ccccc4)cc3)c(=O)[nH]c12. The topological polar surface area (TPSA) is 72.8 Å². The minimum Gasteiger partial charge on any atom is -0.489 e. The fraction of sp³-hybridized carbons (Fsp3) is 0.129. The van der Waals surface area contributed by atoms with E-state index < -0.39 is 5.97 Å². The number of H-pyrrole nitrogens is 1. The van der Waals surface area contributed by atoms with Crippen LogP contribution >= 0.6 is 12.2 Å². The number of hydrogen-bond donors (Lipinski definition) is 1. The average molecular weight is 523 g/mol. The van der Waals surface area contributed by atoms with Crippen molar-refractivity contribution in [2.45, 2.75) is 20.5 Å². The summed E-state index contributed by atoms with van der Waals surface area (Å²) in [6.07, 6.45) is 3.51. The van der Waals surface area contributed by atoms with Gasteiger partial charge in [0.1, 0.15) is 28.2 Å². The molecule has 5 rings (SSSR count). The summed E-state index contributed by atoms with van der Waals surface area (Å²) in [7, 11) is 0. The minimum absolute atomic E-state index is 0.214. The highest BCUT2D eigenvalue weighted by atomic mass is 32.1. The first-order chi connectivity index (χ1) is 18.4. The molecule has 0 aliphatic heterocycles. The molecule has 0 atom stereocenters. The summed E-state index contributed by atoms with van der Waals surface area (Å²) in [5, 5.41) is 0.325. The Kier molecular flexibility index (Phi) is 7.20. The van der Waals surface area contributed by atoms with Gasteiger partial charge < -0.3 is 14.5 Å². The van der Waals surface area contributed by atoms with Crippen LogP contribution in [0.1, 0.15) is 34.0 Å². The summed E-state index contributed by atoms with van der Waals surface area (Å²) in [5.41, 5.74) is 4.66. The lowest BCUT2D eigenvalue weighted by molar-refractivity contribution is 0.0529. The van der Waals surface area contributed by atoms with Crippen LogP contribution in [0.2, 0.25) is 0 Å². The van der Waals surface area contributed by atoms with Gasteiger partial charge >= 0.3 is 5.97 Å². The van der Waals surface area contributed by atoms with E-state index in [4.69, 9.17) is 21.7 Å². The van der Waals surface area contributed by atoms with Crippen LogP contribution in [-0.4, -0.2) is 22.0 Å². The van der Waals surface area contributed by atoms with Gasteiger partial charge in [0, 0.05) is 11.8 Å². The largest absolute Gasteiger partial charge is 0.489 e. The Bertz CT molecular complexity index is 1770. The number of aromatic amines is 1. The van der Waals surface area contributed by atoms with E-state index in [1.807, 2.05) is 85.8 Å². The van der Waals surface area contributed by atoms with Crippen molar-refractivity contribution in [3.63, 3.8) is 0 Å². The van der Waals surface area contributed by atoms with E-state index in [0.29, 0.717) is 27.7 Å². The van der Waals surface area contributed by atoms with Crippen LogP contribution in [0.5, 0.6) is 5.75 Å². The van der Waals surface area contributed by atoms with Gasteiger partial charge in [-0.25, -0.2) is 4.79 Å². The molecule has 2 heterocycles. The zero-order valence-corrected chi connectivity index (χ0v) is 21.9. The molecule has 0 amide bonds. The molecular weight excluding hydrogens is 496 g/mol. The Hall–Kier alpha value is -4.49. The number of hydrogen-bond acceptors (Lipinski definition) is 5. The molecule has 190 valence electrons. The molecule has 2 aromatic heterocycles. The number of nitrogens with zero attached hydrogens (tertiary/aromatic N) is 1. The molecule has 0 saturated carbocycles. The Labute approximate surface area is 224 Å². The maximum Gasteiger partial charge on any atom is 0.342 e. The Morgan fingerprint density at radius 2 is 1.71 bits per heavy atom. The first-order valence-electron chi connectivity index (χ1n) is 12.3. The number of rotatable bonds is 7. The smallest absolute Gasteiger partial charge is 0.342 e. The predicted molar refractivity (Wildman–Crippen MR) is 151 cm³/mol. The van der Waals surface area contributed by atoms with Crippen molar-refractivity contribution in [3.05, 3.63) is 128 Å². The maximum absolute atomic E-state index is 13.2. The average Bonchev–Trinajstić information content (AvgIpc) is 3.31. The molecule has 0 saturated heterocycles. The number of fused-ring (bicyclic) bond motifs is 1. The molecule has 0 bridgehead atoms. The van der Waals surface area contributed by atoms with Crippen LogP contribution < -0.4 is 15.5 Å². The van der Waals surface area contributed by atoms with Crippen molar-refractivity contribution in [2.24, 2.45) is 0 Å². The van der Waals surface area contributed by atoms with Crippen LogP contribution in [-0.2, 0) is 11.3 Å². The second kappa shape index (κ2) is 10.9. The number of carbonyl (C=O) groups is 1. The van der Waals surface area contributed by atoms with Crippen molar-refractivity contribution in [2.75, 3.05) is 6.61 Å². The second-order valence-electron chi connectivity index (χ2n) is 8.88. The van der Waals surface area contributed by atoms with Crippen LogP contribution in [0.15, 0.2) is 89.9 Å². The monoisotopic (exact) mass is 522 g/mol. The number of ether oxygens (including phenoxy) is 2. The highest BCUT2D eigenvalue weighted by molar-refractivity contribution is 7.71. The van der Waals surface area contributed by atoms with Gasteiger partial charge in [0.2, 0.25) is 0 Å². The highest BCUT2D eigenvalue weighted by Gasteiger charge is 2.22. The summed E-state index contributed by atoms with van der Waals surface area (Å²) in [5.74, 6) is 0.208. The van der Waals surface area contributed by atoms with Crippen molar-refractivity contribution in [3.8, 4) is 16.9 Å². The maximum atomic E-state index is 13.2. The number of nitrogens with one attached hydrogen (secondary N) is 1. The minimum atomic E-state index is -0.515. The van der Waals surface area contributed by atoms with Gasteiger partial charge in [-0.05, 0) is 48.7 Å². The molecule has 0 unspecified atom stereocenters. The number of benzene rings is 3. The summed E-state index contributed by atoms with van der Waals surface area (Å²) in [6, 6.07) is 25.2. The lowest BCUT2D eigenvalue weighted by atomic mass is 10.0. The molecule has 0 aliphatic rings. The predicted octanol–water partition coefficient (Wildman–Crippen LogP) is 5.64. The van der Waals surface area contributed by atoms with Crippen molar-refractivity contribution < 1.29 is 14.3 Å². The zero-order valence-electron chi connectivity index (χ0n) is 21.1. The molecule has 0 radical (unpaired) electrons. The van der Waals surface area contributed by atoms with Gasteiger partial charge in [-0.2, -0.15) is 0 Å². The van der Waals surface area contributed by atoms with E-state index in [1.165, 1.54) is 0 Å². The molecule has 0 spiro atoms. The standard InChI is InChI=1S/C31H26N2O4S/c1-3-36-31(35)27-26(23-13-9-20(2)10-14-23)18-33-28(27)32-29(34)25(30(33)38)17-21-11-15-24(16-12-21)37-19-22-7-5-4-6-8-22/h4-18H,3,19H2,1-2H3,(H,32,34). The van der Waals surface area contributed by atoms with Crippen LogP contribution in [0.3, 0.4) is 0 Å². The fourth-order valence-electron chi connectivity index (χ4n) is 4.25. The van der Waals surface area contributed by atoms with Crippen molar-refractivity contribution >= 4 is 29.9 Å². The third-order valence-corrected chi connectivity index (χ3v) is 6.63. The van der Waals surface area contributed by atoms with Gasteiger partial charge in [-0.1, -0.05) is 84.5 Å². The normalized spacial score (nSPS) is 11.6. The van der Waals surface area contributed by atoms with Crippen molar-refractivity contribution in [1.29, 1.82) is 0 Å². The van der Waals surface area contributed by atoms with Crippen LogP contribution in [0, 0.1) is 11.6 Å². The third kappa shape index (κ3) is 5.14. The quantitative estimate of drug-likeness (QED) is 0.221. The second-order valence-corrected chi connectivity index (χ2v) is 9.27.